The van der Waals surface area contributed by atoms with Crippen LogP contribution in [-0.2, 0) is 13.0 Å². The lowest BCUT2D eigenvalue weighted by atomic mass is 10.0. The molecule has 0 N–H and O–H groups in total. The largest absolute Gasteiger partial charge is 0.448 e. The molecule has 2 atom stereocenters. The number of rotatable bonds is 5. The van der Waals surface area contributed by atoms with E-state index in [2.05, 4.69) is 38.6 Å². The van der Waals surface area contributed by atoms with Crippen LogP contribution in [0.15, 0.2) is 17.1 Å². The van der Waals surface area contributed by atoms with Crippen molar-refractivity contribution >= 4 is 5.82 Å². The number of nitrogens with zero attached hydrogens (tertiary/aromatic N) is 5. The van der Waals surface area contributed by atoms with Crippen molar-refractivity contribution in [1.29, 1.82) is 0 Å². The van der Waals surface area contributed by atoms with E-state index >= 15 is 0 Å². The molecule has 2 unspecified atom stereocenters. The Bertz CT molecular complexity index is 763. The lowest BCUT2D eigenvalue weighted by Gasteiger charge is -2.22. The Morgan fingerprint density at radius 3 is 2.50 bits per heavy atom. The van der Waals surface area contributed by atoms with Crippen molar-refractivity contribution in [1.82, 2.24) is 19.9 Å². The fourth-order valence-corrected chi connectivity index (χ4v) is 4.33. The summed E-state index contributed by atoms with van der Waals surface area (Å²) in [5.41, 5.74) is 1.55. The van der Waals surface area contributed by atoms with Crippen molar-refractivity contribution < 1.29 is 8.81 Å². The van der Waals surface area contributed by atoms with Gasteiger partial charge in [0.25, 0.3) is 0 Å². The predicted octanol–water partition coefficient (Wildman–Crippen LogP) is 2.86. The van der Waals surface area contributed by atoms with Crippen LogP contribution in [0.1, 0.15) is 43.8 Å². The highest BCUT2D eigenvalue weighted by Crippen LogP contribution is 2.35. The average molecular weight is 359 g/mol. The van der Waals surface area contributed by atoms with Crippen molar-refractivity contribution in [2.45, 2.75) is 39.7 Å². The minimum absolute atomic E-state index is 0.254. The smallest absolute Gasteiger partial charge is 0.187 e. The SMILES string of the molecule is CCc1ncnc(N2CC3CN(Cc4ncoc4C(C)C)CC3C2)c1F. The van der Waals surface area contributed by atoms with Gasteiger partial charge in [-0.15, -0.1) is 0 Å². The first kappa shape index (κ1) is 17.4. The van der Waals surface area contributed by atoms with Gasteiger partial charge >= 0.3 is 0 Å². The number of hydrogen-bond donors (Lipinski definition) is 0. The number of fused-ring (bicyclic) bond motifs is 1. The number of likely N-dealkylation sites (tertiary alicyclic amines) is 1. The molecule has 6 nitrogen and oxygen atoms in total. The van der Waals surface area contributed by atoms with Gasteiger partial charge in [-0.25, -0.2) is 19.3 Å². The minimum atomic E-state index is -0.254. The molecule has 2 saturated heterocycles. The molecule has 2 aliphatic heterocycles. The fraction of sp³-hybridized carbons (Fsp3) is 0.632. The second-order valence-electron chi connectivity index (χ2n) is 7.75. The van der Waals surface area contributed by atoms with E-state index in [4.69, 9.17) is 4.42 Å². The summed E-state index contributed by atoms with van der Waals surface area (Å²) >= 11 is 0. The quantitative estimate of drug-likeness (QED) is 0.818. The molecule has 2 aromatic heterocycles. The average Bonchev–Trinajstić information content (AvgIpc) is 3.30. The molecule has 0 amide bonds. The number of aryl methyl sites for hydroxylation is 1. The predicted molar refractivity (Wildman–Crippen MR) is 96.4 cm³/mol. The standard InChI is InChI=1S/C19H26FN5O/c1-4-15-17(20)19(22-10-21-15)25-7-13-5-24(6-14(13)8-25)9-16-18(12(2)3)26-11-23-16/h10-14H,4-9H2,1-3H3. The third-order valence-corrected chi connectivity index (χ3v) is 5.61. The molecule has 140 valence electrons. The van der Waals surface area contributed by atoms with E-state index in [1.54, 1.807) is 6.39 Å². The van der Waals surface area contributed by atoms with Crippen molar-refractivity contribution in [3.63, 3.8) is 0 Å². The van der Waals surface area contributed by atoms with E-state index in [9.17, 15) is 4.39 Å². The lowest BCUT2D eigenvalue weighted by Crippen LogP contribution is -2.30. The molecule has 0 spiro atoms. The van der Waals surface area contributed by atoms with Crippen molar-refractivity contribution in [3.8, 4) is 0 Å². The first-order chi connectivity index (χ1) is 12.6. The van der Waals surface area contributed by atoms with E-state index in [1.807, 2.05) is 6.92 Å². The van der Waals surface area contributed by atoms with Crippen LogP contribution in [0.3, 0.4) is 0 Å². The molecule has 0 aromatic carbocycles. The molecule has 2 fully saturated rings. The number of oxazole rings is 1. The molecule has 2 aliphatic rings. The summed E-state index contributed by atoms with van der Waals surface area (Å²) in [6.07, 6.45) is 3.62. The van der Waals surface area contributed by atoms with Gasteiger partial charge in [0.05, 0.1) is 11.4 Å². The first-order valence-corrected chi connectivity index (χ1v) is 9.45. The summed E-state index contributed by atoms with van der Waals surface area (Å²) in [7, 11) is 0. The maximum absolute atomic E-state index is 14.6. The van der Waals surface area contributed by atoms with Gasteiger partial charge < -0.3 is 9.32 Å². The van der Waals surface area contributed by atoms with Crippen LogP contribution in [0.5, 0.6) is 0 Å². The molecule has 2 aromatic rings. The summed E-state index contributed by atoms with van der Waals surface area (Å²) < 4.78 is 20.1. The second-order valence-corrected chi connectivity index (χ2v) is 7.75. The van der Waals surface area contributed by atoms with Gasteiger partial charge in [0, 0.05) is 38.6 Å². The summed E-state index contributed by atoms with van der Waals surface area (Å²) in [6, 6.07) is 0. The zero-order chi connectivity index (χ0) is 18.3. The van der Waals surface area contributed by atoms with Crippen LogP contribution in [-0.4, -0.2) is 46.0 Å². The highest BCUT2D eigenvalue weighted by molar-refractivity contribution is 5.43. The first-order valence-electron chi connectivity index (χ1n) is 9.45. The Morgan fingerprint density at radius 2 is 1.85 bits per heavy atom. The Hall–Kier alpha value is -2.02. The molecule has 26 heavy (non-hydrogen) atoms. The highest BCUT2D eigenvalue weighted by Gasteiger charge is 2.41. The Morgan fingerprint density at radius 1 is 1.12 bits per heavy atom. The van der Waals surface area contributed by atoms with Gasteiger partial charge in [-0.3, -0.25) is 4.90 Å². The maximum Gasteiger partial charge on any atom is 0.187 e. The molecule has 0 bridgehead atoms. The van der Waals surface area contributed by atoms with E-state index in [0.717, 1.165) is 44.2 Å². The van der Waals surface area contributed by atoms with Gasteiger partial charge in [-0.2, -0.15) is 0 Å². The molecule has 7 heteroatoms. The van der Waals surface area contributed by atoms with Crippen molar-refractivity contribution in [2.24, 2.45) is 11.8 Å². The Balaban J connectivity index is 1.41. The van der Waals surface area contributed by atoms with Gasteiger partial charge in [0.15, 0.2) is 18.0 Å². The molecule has 0 saturated carbocycles. The van der Waals surface area contributed by atoms with Crippen LogP contribution < -0.4 is 4.90 Å². The summed E-state index contributed by atoms with van der Waals surface area (Å²) in [5, 5.41) is 0. The zero-order valence-electron chi connectivity index (χ0n) is 15.7. The molecule has 4 heterocycles. The van der Waals surface area contributed by atoms with Crippen LogP contribution in [0.4, 0.5) is 10.2 Å². The molecule has 4 rings (SSSR count). The van der Waals surface area contributed by atoms with E-state index in [0.29, 0.717) is 35.7 Å². The van der Waals surface area contributed by atoms with Gasteiger partial charge in [0.2, 0.25) is 0 Å². The van der Waals surface area contributed by atoms with Crippen LogP contribution in [0.2, 0.25) is 0 Å². The zero-order valence-corrected chi connectivity index (χ0v) is 15.7. The topological polar surface area (TPSA) is 58.3 Å². The Kier molecular flexibility index (Phi) is 4.65. The van der Waals surface area contributed by atoms with Gasteiger partial charge in [-0.05, 0) is 18.3 Å². The second kappa shape index (κ2) is 6.95. The highest BCUT2D eigenvalue weighted by atomic mass is 19.1. The summed E-state index contributed by atoms with van der Waals surface area (Å²) in [6.45, 7) is 10.7. The van der Waals surface area contributed by atoms with Crippen LogP contribution in [0, 0.1) is 17.7 Å². The third kappa shape index (κ3) is 3.09. The number of hydrogen-bond acceptors (Lipinski definition) is 6. The fourth-order valence-electron chi connectivity index (χ4n) is 4.33. The molecule has 0 radical (unpaired) electrons. The number of aromatic nitrogens is 3. The van der Waals surface area contributed by atoms with Crippen LogP contribution in [0.25, 0.3) is 0 Å². The van der Waals surface area contributed by atoms with E-state index < -0.39 is 0 Å². The maximum atomic E-state index is 14.6. The van der Waals surface area contributed by atoms with E-state index in [1.165, 1.54) is 6.33 Å². The van der Waals surface area contributed by atoms with Crippen molar-refractivity contribution in [3.05, 3.63) is 35.7 Å². The van der Waals surface area contributed by atoms with Gasteiger partial charge in [-0.1, -0.05) is 20.8 Å². The summed E-state index contributed by atoms with van der Waals surface area (Å²) in [4.78, 5) is 17.2. The number of anilines is 1. The normalized spacial score (nSPS) is 23.2. The third-order valence-electron chi connectivity index (χ3n) is 5.61. The van der Waals surface area contributed by atoms with Gasteiger partial charge in [0.1, 0.15) is 12.1 Å². The lowest BCUT2D eigenvalue weighted by molar-refractivity contribution is 0.302. The molecular formula is C19H26FN5O. The Labute approximate surface area is 153 Å². The number of halogens is 1. The van der Waals surface area contributed by atoms with E-state index in [-0.39, 0.29) is 5.82 Å². The molecular weight excluding hydrogens is 333 g/mol. The molecule has 0 aliphatic carbocycles. The van der Waals surface area contributed by atoms with Crippen LogP contribution >= 0.6 is 0 Å². The summed E-state index contributed by atoms with van der Waals surface area (Å²) in [5.74, 6) is 2.64. The monoisotopic (exact) mass is 359 g/mol. The minimum Gasteiger partial charge on any atom is -0.448 e. The van der Waals surface area contributed by atoms with Crippen molar-refractivity contribution in [2.75, 3.05) is 31.1 Å².